The molecule has 5 atom stereocenters. The maximum Gasteiger partial charge on any atom is 0.350 e. The van der Waals surface area contributed by atoms with Crippen molar-refractivity contribution >= 4 is 5.57 Å². The highest BCUT2D eigenvalue weighted by Crippen LogP contribution is 2.72. The van der Waals surface area contributed by atoms with E-state index in [1.165, 1.54) is 23.2 Å². The minimum absolute atomic E-state index is 0.0157. The van der Waals surface area contributed by atoms with Gasteiger partial charge in [-0.05, 0) is 37.5 Å². The zero-order valence-corrected chi connectivity index (χ0v) is 18.2. The van der Waals surface area contributed by atoms with Crippen molar-refractivity contribution in [3.63, 3.8) is 0 Å². The molecule has 7 rings (SSSR count). The van der Waals surface area contributed by atoms with Crippen LogP contribution in [0.25, 0.3) is 28.2 Å². The predicted octanol–water partition coefficient (Wildman–Crippen LogP) is 1.89. The molecule has 2 N–H and O–H groups in total. The van der Waals surface area contributed by atoms with Crippen molar-refractivity contribution in [1.82, 2.24) is 35.0 Å². The number of hydrogen-bond acceptors (Lipinski definition) is 8. The molecule has 2 aromatic heterocycles. The molecule has 2 aliphatic carbocycles. The molecule has 2 aliphatic heterocycles. The molecule has 33 heavy (non-hydrogen) atoms. The van der Waals surface area contributed by atoms with E-state index >= 15 is 4.39 Å². The van der Waals surface area contributed by atoms with E-state index in [-0.39, 0.29) is 23.4 Å². The number of aryl methyl sites for hydroxylation is 1. The quantitative estimate of drug-likeness (QED) is 0.623. The molecule has 10 heteroatoms. The molecule has 0 spiro atoms. The van der Waals surface area contributed by atoms with Crippen molar-refractivity contribution in [1.29, 1.82) is 0 Å². The number of rotatable bonds is 4. The van der Waals surface area contributed by atoms with Gasteiger partial charge in [-0.1, -0.05) is 12.6 Å². The lowest BCUT2D eigenvalue weighted by Gasteiger charge is -2.38. The summed E-state index contributed by atoms with van der Waals surface area (Å²) < 4.78 is 17.0. The third-order valence-electron chi connectivity index (χ3n) is 7.63. The number of nitrogens with one attached hydrogen (secondary N) is 1. The maximum absolute atomic E-state index is 15.7. The van der Waals surface area contributed by atoms with Crippen molar-refractivity contribution in [3.05, 3.63) is 53.6 Å². The lowest BCUT2D eigenvalue weighted by atomic mass is 9.77. The van der Waals surface area contributed by atoms with E-state index in [0.29, 0.717) is 40.7 Å². The number of hydrogen-bond donors (Lipinski definition) is 2. The highest BCUT2D eigenvalue weighted by atomic mass is 19.1. The van der Waals surface area contributed by atoms with Gasteiger partial charge in [-0.25, -0.2) is 19.2 Å². The van der Waals surface area contributed by atoms with Gasteiger partial charge in [0, 0.05) is 36.1 Å². The van der Waals surface area contributed by atoms with Gasteiger partial charge >= 0.3 is 5.69 Å². The third kappa shape index (κ3) is 2.67. The molecule has 3 aromatic rings. The molecule has 0 amide bonds. The summed E-state index contributed by atoms with van der Waals surface area (Å²) in [7, 11) is 1.56. The van der Waals surface area contributed by atoms with Gasteiger partial charge in [0.25, 0.3) is 0 Å². The van der Waals surface area contributed by atoms with Crippen LogP contribution in [0.3, 0.4) is 0 Å². The largest absolute Gasteiger partial charge is 0.507 e. The molecule has 4 heterocycles. The average molecular weight is 447 g/mol. The second-order valence-electron chi connectivity index (χ2n) is 9.39. The number of alkyl halides is 1. The number of aromatic nitrogens is 6. The van der Waals surface area contributed by atoms with Crippen LogP contribution in [0.5, 0.6) is 5.75 Å². The zero-order valence-electron chi connectivity index (χ0n) is 18.2. The summed E-state index contributed by atoms with van der Waals surface area (Å²) in [6.07, 6.45) is 4.41. The van der Waals surface area contributed by atoms with Crippen LogP contribution < -0.4 is 11.0 Å². The Bertz CT molecular complexity index is 1370. The van der Waals surface area contributed by atoms with E-state index in [9.17, 15) is 9.90 Å². The fourth-order valence-electron chi connectivity index (χ4n) is 5.81. The summed E-state index contributed by atoms with van der Waals surface area (Å²) in [5.41, 5.74) is -0.391. The Balaban J connectivity index is 1.25. The molecule has 168 valence electrons. The van der Waals surface area contributed by atoms with Gasteiger partial charge < -0.3 is 10.4 Å². The van der Waals surface area contributed by atoms with E-state index in [2.05, 4.69) is 37.0 Å². The molecule has 4 bridgehead atoms. The van der Waals surface area contributed by atoms with E-state index in [0.717, 1.165) is 6.42 Å². The maximum atomic E-state index is 15.7. The van der Waals surface area contributed by atoms with Crippen molar-refractivity contribution < 1.29 is 9.50 Å². The Morgan fingerprint density at radius 3 is 2.76 bits per heavy atom. The normalized spacial score (nSPS) is 31.4. The smallest absolute Gasteiger partial charge is 0.350 e. The Morgan fingerprint density at radius 2 is 2.12 bits per heavy atom. The lowest BCUT2D eigenvalue weighted by Crippen LogP contribution is -2.51. The molecular formula is C23H22FN7O2. The lowest BCUT2D eigenvalue weighted by molar-refractivity contribution is 0.104. The summed E-state index contributed by atoms with van der Waals surface area (Å²) in [5, 5.41) is 22.4. The summed E-state index contributed by atoms with van der Waals surface area (Å²) >= 11 is 0. The van der Waals surface area contributed by atoms with Gasteiger partial charge in [0.1, 0.15) is 23.4 Å². The van der Waals surface area contributed by atoms with E-state index in [4.69, 9.17) is 0 Å². The van der Waals surface area contributed by atoms with Crippen LogP contribution in [-0.2, 0) is 7.05 Å². The molecule has 9 nitrogen and oxygen atoms in total. The first-order chi connectivity index (χ1) is 15.7. The molecular weight excluding hydrogens is 425 g/mol. The van der Waals surface area contributed by atoms with Crippen LogP contribution in [0.15, 0.2) is 42.1 Å². The molecule has 2 saturated carbocycles. The minimum Gasteiger partial charge on any atom is -0.507 e. The van der Waals surface area contributed by atoms with Gasteiger partial charge in [0.15, 0.2) is 11.6 Å². The number of aromatic hydroxyl groups is 1. The first kappa shape index (κ1) is 20.1. The standard InChI is InChI=1S/C23H22FN7O2/c1-11(15-7-13-8-18-22(2,28-13)23(15,18)24)19-25-9-16(29-30-19)14-5-4-12(6-17(14)32)20-26-10-31(3)21(33)27-20/h4-6,9-10,13,15,18,28,32H,1,7-8H2,2-3H3/t13?,15-,18?,22-,23+/m0/s1. The molecule has 1 aromatic carbocycles. The average Bonchev–Trinajstić information content (AvgIpc) is 3.10. The minimum atomic E-state index is -1.31. The molecule has 4 aliphatic rings. The molecule has 2 unspecified atom stereocenters. The van der Waals surface area contributed by atoms with E-state index in [1.807, 2.05) is 6.92 Å². The fourth-order valence-corrected chi connectivity index (χ4v) is 5.81. The van der Waals surface area contributed by atoms with Crippen LogP contribution in [0.1, 0.15) is 25.6 Å². The van der Waals surface area contributed by atoms with Gasteiger partial charge in [0.2, 0.25) is 0 Å². The van der Waals surface area contributed by atoms with E-state index < -0.39 is 16.9 Å². The van der Waals surface area contributed by atoms with Gasteiger partial charge in [-0.15, -0.1) is 10.2 Å². The van der Waals surface area contributed by atoms with Crippen molar-refractivity contribution in [3.8, 4) is 28.4 Å². The number of phenols is 1. The summed E-state index contributed by atoms with van der Waals surface area (Å²) in [6, 6.07) is 5.08. The monoisotopic (exact) mass is 447 g/mol. The highest BCUT2D eigenvalue weighted by Gasteiger charge is 2.84. The predicted molar refractivity (Wildman–Crippen MR) is 118 cm³/mol. The Kier molecular flexibility index (Phi) is 3.96. The summed E-state index contributed by atoms with van der Waals surface area (Å²) in [5.74, 6) is 0.145. The second kappa shape index (κ2) is 6.50. The Hall–Kier alpha value is -3.53. The number of halogens is 1. The fraction of sp³-hybridized carbons (Fsp3) is 0.391. The number of allylic oxidation sites excluding steroid dienone is 1. The molecule has 2 saturated heterocycles. The second-order valence-corrected chi connectivity index (χ2v) is 9.39. The first-order valence-corrected chi connectivity index (χ1v) is 10.8. The van der Waals surface area contributed by atoms with Crippen molar-refractivity contribution in [2.75, 3.05) is 0 Å². The first-order valence-electron chi connectivity index (χ1n) is 10.8. The van der Waals surface area contributed by atoms with Crippen LogP contribution in [-0.4, -0.2) is 52.1 Å². The van der Waals surface area contributed by atoms with Crippen LogP contribution in [0.2, 0.25) is 0 Å². The number of fused-ring (bicyclic) bond motifs is 1. The molecule has 0 radical (unpaired) electrons. The number of phenolic OH excluding ortho intramolecular Hbond substituents is 1. The van der Waals surface area contributed by atoms with E-state index in [1.54, 1.807) is 19.2 Å². The molecule has 4 fully saturated rings. The zero-order chi connectivity index (χ0) is 23.1. The number of benzene rings is 1. The highest BCUT2D eigenvalue weighted by molar-refractivity contribution is 5.72. The van der Waals surface area contributed by atoms with Crippen molar-refractivity contribution in [2.24, 2.45) is 18.9 Å². The topological polar surface area (TPSA) is 119 Å². The van der Waals surface area contributed by atoms with Crippen LogP contribution in [0.4, 0.5) is 4.39 Å². The van der Waals surface area contributed by atoms with Crippen LogP contribution >= 0.6 is 0 Å². The van der Waals surface area contributed by atoms with Crippen molar-refractivity contribution in [2.45, 2.75) is 37.0 Å². The van der Waals surface area contributed by atoms with Gasteiger partial charge in [-0.3, -0.25) is 4.57 Å². The van der Waals surface area contributed by atoms with Crippen LogP contribution in [0, 0.1) is 11.8 Å². The summed E-state index contributed by atoms with van der Waals surface area (Å²) in [6.45, 7) is 6.06. The van der Waals surface area contributed by atoms with Gasteiger partial charge in [0.05, 0.1) is 11.7 Å². The van der Waals surface area contributed by atoms with Gasteiger partial charge in [-0.2, -0.15) is 4.98 Å². The number of nitrogens with zero attached hydrogens (tertiary/aromatic N) is 6. The number of piperidine rings is 2. The third-order valence-corrected chi connectivity index (χ3v) is 7.63. The Labute approximate surface area is 188 Å². The Morgan fingerprint density at radius 1 is 1.30 bits per heavy atom. The SMILES string of the molecule is C=C(c1ncc(-c2ccc(-c3ncn(C)c(=O)n3)cc2O)nn1)[C@@H]1CC2CC3[C@](C)(N2)[C@]31F. The summed E-state index contributed by atoms with van der Waals surface area (Å²) in [4.78, 5) is 24.1.